The molecule has 0 atom stereocenters. The van der Waals surface area contributed by atoms with Gasteiger partial charge in [0.15, 0.2) is 5.13 Å². The predicted octanol–water partition coefficient (Wildman–Crippen LogP) is 3.13. The molecule has 124 valence electrons. The summed E-state index contributed by atoms with van der Waals surface area (Å²) < 4.78 is 6.11. The fraction of sp³-hybridized carbons (Fsp3) is 0.188. The summed E-state index contributed by atoms with van der Waals surface area (Å²) in [5.41, 5.74) is 0.807. The number of thiophene rings is 1. The summed E-state index contributed by atoms with van der Waals surface area (Å²) in [7, 11) is 1.61. The second kappa shape index (κ2) is 7.41. The van der Waals surface area contributed by atoms with Crippen LogP contribution in [0.15, 0.2) is 35.7 Å². The summed E-state index contributed by atoms with van der Waals surface area (Å²) in [4.78, 5) is 28.7. The third kappa shape index (κ3) is 3.90. The first-order chi connectivity index (χ1) is 11.7. The SMILES string of the molecule is COc1ccc2nc(NC(=O)CCNC(=O)c3cccs3)sc2c1. The Labute approximate surface area is 146 Å². The molecule has 24 heavy (non-hydrogen) atoms. The average molecular weight is 361 g/mol. The summed E-state index contributed by atoms with van der Waals surface area (Å²) in [6.07, 6.45) is 0.191. The van der Waals surface area contributed by atoms with E-state index in [1.54, 1.807) is 13.2 Å². The van der Waals surface area contributed by atoms with Crippen molar-refractivity contribution in [3.8, 4) is 5.75 Å². The highest BCUT2D eigenvalue weighted by atomic mass is 32.1. The molecule has 0 spiro atoms. The van der Waals surface area contributed by atoms with Crippen LogP contribution in [-0.2, 0) is 4.79 Å². The molecule has 0 aliphatic rings. The summed E-state index contributed by atoms with van der Waals surface area (Å²) in [6.45, 7) is 0.279. The Morgan fingerprint density at radius 1 is 1.29 bits per heavy atom. The molecule has 0 radical (unpaired) electrons. The number of benzene rings is 1. The summed E-state index contributed by atoms with van der Waals surface area (Å²) >= 11 is 2.75. The van der Waals surface area contributed by atoms with E-state index in [9.17, 15) is 9.59 Å². The smallest absolute Gasteiger partial charge is 0.261 e. The van der Waals surface area contributed by atoms with Gasteiger partial charge in [0, 0.05) is 13.0 Å². The van der Waals surface area contributed by atoms with Gasteiger partial charge < -0.3 is 15.4 Å². The van der Waals surface area contributed by atoms with E-state index in [1.807, 2.05) is 29.6 Å². The number of rotatable bonds is 6. The van der Waals surface area contributed by atoms with Gasteiger partial charge in [-0.25, -0.2) is 4.98 Å². The summed E-state index contributed by atoms with van der Waals surface area (Å²) in [5, 5.41) is 7.85. The number of amides is 2. The Kier molecular flexibility index (Phi) is 5.07. The standard InChI is InChI=1S/C16H15N3O3S2/c1-22-10-4-5-11-13(9-10)24-16(18-11)19-14(20)6-7-17-15(21)12-3-2-8-23-12/h2-5,8-9H,6-7H2,1H3,(H,17,21)(H,18,19,20). The van der Waals surface area contributed by atoms with Gasteiger partial charge in [-0.15, -0.1) is 11.3 Å². The van der Waals surface area contributed by atoms with E-state index in [2.05, 4.69) is 15.6 Å². The summed E-state index contributed by atoms with van der Waals surface area (Å²) in [5.74, 6) is 0.401. The fourth-order valence-corrected chi connectivity index (χ4v) is 3.60. The molecule has 0 saturated carbocycles. The van der Waals surface area contributed by atoms with Gasteiger partial charge in [0.2, 0.25) is 5.91 Å². The van der Waals surface area contributed by atoms with Gasteiger partial charge in [0.25, 0.3) is 5.91 Å². The molecule has 3 rings (SSSR count). The van der Waals surface area contributed by atoms with Crippen LogP contribution in [0, 0.1) is 0 Å². The highest BCUT2D eigenvalue weighted by Crippen LogP contribution is 2.29. The van der Waals surface area contributed by atoms with Crippen LogP contribution in [0.25, 0.3) is 10.2 Å². The van der Waals surface area contributed by atoms with Crippen LogP contribution in [0.2, 0.25) is 0 Å². The zero-order valence-corrected chi connectivity index (χ0v) is 14.5. The number of nitrogens with zero attached hydrogens (tertiary/aromatic N) is 1. The number of thiazole rings is 1. The monoisotopic (exact) mass is 361 g/mol. The van der Waals surface area contributed by atoms with Crippen LogP contribution in [0.5, 0.6) is 5.75 Å². The van der Waals surface area contributed by atoms with Gasteiger partial charge in [-0.3, -0.25) is 9.59 Å². The normalized spacial score (nSPS) is 10.5. The number of aromatic nitrogens is 1. The average Bonchev–Trinajstić information content (AvgIpc) is 3.23. The molecule has 2 aromatic heterocycles. The van der Waals surface area contributed by atoms with Gasteiger partial charge in [0.1, 0.15) is 5.75 Å². The maximum absolute atomic E-state index is 12.0. The Hall–Kier alpha value is -2.45. The summed E-state index contributed by atoms with van der Waals surface area (Å²) in [6, 6.07) is 9.11. The number of anilines is 1. The van der Waals surface area contributed by atoms with E-state index in [-0.39, 0.29) is 24.8 Å². The van der Waals surface area contributed by atoms with Crippen LogP contribution in [0.3, 0.4) is 0 Å². The minimum atomic E-state index is -0.187. The van der Waals surface area contributed by atoms with Crippen molar-refractivity contribution in [3.63, 3.8) is 0 Å². The maximum atomic E-state index is 12.0. The van der Waals surface area contributed by atoms with Crippen LogP contribution < -0.4 is 15.4 Å². The predicted molar refractivity (Wildman–Crippen MR) is 96.1 cm³/mol. The van der Waals surface area contributed by atoms with Crippen molar-refractivity contribution in [3.05, 3.63) is 40.6 Å². The van der Waals surface area contributed by atoms with E-state index < -0.39 is 0 Å². The molecule has 0 aliphatic carbocycles. The second-order valence-electron chi connectivity index (χ2n) is 4.88. The van der Waals surface area contributed by atoms with Gasteiger partial charge in [0.05, 0.1) is 22.2 Å². The minimum absolute atomic E-state index is 0.162. The van der Waals surface area contributed by atoms with Crippen LogP contribution in [0.4, 0.5) is 5.13 Å². The molecule has 6 nitrogen and oxygen atoms in total. The van der Waals surface area contributed by atoms with E-state index >= 15 is 0 Å². The topological polar surface area (TPSA) is 80.3 Å². The van der Waals surface area contributed by atoms with Crippen molar-refractivity contribution in [2.75, 3.05) is 19.0 Å². The first-order valence-corrected chi connectivity index (χ1v) is 8.91. The highest BCUT2D eigenvalue weighted by Gasteiger charge is 2.10. The number of carbonyl (C=O) groups is 2. The van der Waals surface area contributed by atoms with Crippen molar-refractivity contribution < 1.29 is 14.3 Å². The zero-order valence-electron chi connectivity index (χ0n) is 12.9. The van der Waals surface area contributed by atoms with E-state index in [0.717, 1.165) is 16.0 Å². The Balaban J connectivity index is 1.52. The first-order valence-electron chi connectivity index (χ1n) is 7.22. The second-order valence-corrected chi connectivity index (χ2v) is 6.86. The van der Waals surface area contributed by atoms with Crippen LogP contribution >= 0.6 is 22.7 Å². The van der Waals surface area contributed by atoms with E-state index in [1.165, 1.54) is 22.7 Å². The lowest BCUT2D eigenvalue weighted by molar-refractivity contribution is -0.116. The number of nitrogens with one attached hydrogen (secondary N) is 2. The number of carbonyl (C=O) groups excluding carboxylic acids is 2. The fourth-order valence-electron chi connectivity index (χ4n) is 2.05. The lowest BCUT2D eigenvalue weighted by Crippen LogP contribution is -2.27. The molecule has 2 heterocycles. The highest BCUT2D eigenvalue weighted by molar-refractivity contribution is 7.22. The molecular weight excluding hydrogens is 346 g/mol. The van der Waals surface area contributed by atoms with Crippen molar-refractivity contribution in [1.29, 1.82) is 0 Å². The quantitative estimate of drug-likeness (QED) is 0.707. The van der Waals surface area contributed by atoms with Crippen molar-refractivity contribution >= 4 is 49.8 Å². The Morgan fingerprint density at radius 2 is 2.17 bits per heavy atom. The molecule has 0 bridgehead atoms. The Bertz CT molecular complexity index is 859. The van der Waals surface area contributed by atoms with E-state index in [4.69, 9.17) is 4.74 Å². The maximum Gasteiger partial charge on any atom is 0.261 e. The number of hydrogen-bond donors (Lipinski definition) is 2. The van der Waals surface area contributed by atoms with Crippen LogP contribution in [0.1, 0.15) is 16.1 Å². The molecule has 0 aliphatic heterocycles. The largest absolute Gasteiger partial charge is 0.497 e. The lowest BCUT2D eigenvalue weighted by Gasteiger charge is -2.03. The molecule has 0 unspecified atom stereocenters. The molecule has 1 aromatic carbocycles. The van der Waals surface area contributed by atoms with Crippen molar-refractivity contribution in [2.24, 2.45) is 0 Å². The van der Waals surface area contributed by atoms with Gasteiger partial charge in [-0.2, -0.15) is 0 Å². The first kappa shape index (κ1) is 16.4. The lowest BCUT2D eigenvalue weighted by atomic mass is 10.3. The number of ether oxygens (including phenoxy) is 1. The van der Waals surface area contributed by atoms with Gasteiger partial charge in [-0.1, -0.05) is 17.4 Å². The van der Waals surface area contributed by atoms with Gasteiger partial charge in [-0.05, 0) is 29.6 Å². The third-order valence-electron chi connectivity index (χ3n) is 3.22. The van der Waals surface area contributed by atoms with Crippen molar-refractivity contribution in [1.82, 2.24) is 10.3 Å². The molecular formula is C16H15N3O3S2. The van der Waals surface area contributed by atoms with Gasteiger partial charge >= 0.3 is 0 Å². The number of fused-ring (bicyclic) bond motifs is 1. The Morgan fingerprint density at radius 3 is 2.92 bits per heavy atom. The number of methoxy groups -OCH3 is 1. The number of hydrogen-bond acceptors (Lipinski definition) is 6. The molecule has 0 saturated heterocycles. The molecule has 2 N–H and O–H groups in total. The molecule has 2 amide bonds. The van der Waals surface area contributed by atoms with Crippen LogP contribution in [-0.4, -0.2) is 30.5 Å². The molecule has 3 aromatic rings. The third-order valence-corrected chi connectivity index (χ3v) is 5.03. The van der Waals surface area contributed by atoms with E-state index in [0.29, 0.717) is 10.0 Å². The molecule has 0 fully saturated rings. The zero-order chi connectivity index (χ0) is 16.9. The molecule has 8 heteroatoms. The minimum Gasteiger partial charge on any atom is -0.497 e. The van der Waals surface area contributed by atoms with Crippen molar-refractivity contribution in [2.45, 2.75) is 6.42 Å².